The van der Waals surface area contributed by atoms with Gasteiger partial charge in [-0.15, -0.1) is 0 Å². The molecule has 3 N–H and O–H groups in total. The minimum absolute atomic E-state index is 0.00218. The maximum atomic E-state index is 13.0. The molecular formula is C29H34N4O6. The predicted octanol–water partition coefficient (Wildman–Crippen LogP) is 3.98. The summed E-state index contributed by atoms with van der Waals surface area (Å²) in [6, 6.07) is 16.0. The third kappa shape index (κ3) is 7.02. The lowest BCUT2D eigenvalue weighted by Crippen LogP contribution is -2.57. The monoisotopic (exact) mass is 534 g/mol. The van der Waals surface area contributed by atoms with E-state index in [0.29, 0.717) is 30.9 Å². The van der Waals surface area contributed by atoms with Crippen molar-refractivity contribution >= 4 is 28.8 Å². The number of aryl methyl sites for hydroxylation is 1. The number of hydroxylamine groups is 1. The zero-order valence-corrected chi connectivity index (χ0v) is 22.6. The number of rotatable bonds is 6. The van der Waals surface area contributed by atoms with Crippen molar-refractivity contribution < 1.29 is 29.1 Å². The molecule has 0 bridgehead atoms. The second kappa shape index (κ2) is 11.7. The van der Waals surface area contributed by atoms with Crippen LogP contribution in [0.2, 0.25) is 0 Å². The van der Waals surface area contributed by atoms with Crippen LogP contribution in [-0.4, -0.2) is 57.7 Å². The molecule has 0 spiro atoms. The molecule has 2 heterocycles. The molecule has 2 atom stereocenters. The summed E-state index contributed by atoms with van der Waals surface area (Å²) in [5, 5.41) is 13.1. The summed E-state index contributed by atoms with van der Waals surface area (Å²) >= 11 is 0. The van der Waals surface area contributed by atoms with Crippen molar-refractivity contribution in [1.82, 2.24) is 20.7 Å². The Bertz CT molecular complexity index is 1350. The van der Waals surface area contributed by atoms with Crippen LogP contribution >= 0.6 is 0 Å². The zero-order valence-electron chi connectivity index (χ0n) is 22.6. The van der Waals surface area contributed by atoms with Crippen LogP contribution in [0, 0.1) is 12.8 Å². The molecule has 39 heavy (non-hydrogen) atoms. The van der Waals surface area contributed by atoms with Crippen LogP contribution in [0.4, 0.5) is 4.79 Å². The first-order valence-corrected chi connectivity index (χ1v) is 12.8. The number of hydrogen-bond acceptors (Lipinski definition) is 7. The number of pyridine rings is 1. The van der Waals surface area contributed by atoms with Gasteiger partial charge < -0.3 is 19.7 Å². The highest BCUT2D eigenvalue weighted by Gasteiger charge is 2.38. The van der Waals surface area contributed by atoms with Gasteiger partial charge in [-0.3, -0.25) is 19.8 Å². The number of fused-ring (bicyclic) bond motifs is 1. The maximum Gasteiger partial charge on any atom is 0.410 e. The van der Waals surface area contributed by atoms with Gasteiger partial charge in [0.2, 0.25) is 5.91 Å². The van der Waals surface area contributed by atoms with E-state index in [-0.39, 0.29) is 12.5 Å². The Morgan fingerprint density at radius 3 is 2.51 bits per heavy atom. The molecule has 0 unspecified atom stereocenters. The molecule has 10 heteroatoms. The van der Waals surface area contributed by atoms with Gasteiger partial charge in [0, 0.05) is 41.3 Å². The molecule has 2 aromatic carbocycles. The van der Waals surface area contributed by atoms with E-state index in [4.69, 9.17) is 9.47 Å². The van der Waals surface area contributed by atoms with E-state index >= 15 is 0 Å². The first kappa shape index (κ1) is 27.8. The summed E-state index contributed by atoms with van der Waals surface area (Å²) in [6.45, 7) is 7.87. The molecule has 1 aliphatic rings. The van der Waals surface area contributed by atoms with Crippen LogP contribution in [0.1, 0.15) is 48.8 Å². The van der Waals surface area contributed by atoms with Gasteiger partial charge in [-0.25, -0.2) is 10.3 Å². The lowest BCUT2D eigenvalue weighted by atomic mass is 9.91. The maximum absolute atomic E-state index is 13.0. The molecule has 3 aromatic rings. The summed E-state index contributed by atoms with van der Waals surface area (Å²) in [5.74, 6) is -1.30. The summed E-state index contributed by atoms with van der Waals surface area (Å²) in [7, 11) is 0. The topological polar surface area (TPSA) is 130 Å². The number of para-hydroxylation sites is 1. The number of ether oxygens (including phenoxy) is 2. The van der Waals surface area contributed by atoms with Crippen molar-refractivity contribution in [3.63, 3.8) is 0 Å². The molecule has 1 aliphatic heterocycles. The lowest BCUT2D eigenvalue weighted by molar-refractivity contribution is -0.135. The molecule has 3 amide bonds. The van der Waals surface area contributed by atoms with Crippen molar-refractivity contribution in [2.45, 2.75) is 52.4 Å². The van der Waals surface area contributed by atoms with Crippen LogP contribution in [0.15, 0.2) is 54.6 Å². The summed E-state index contributed by atoms with van der Waals surface area (Å²) in [4.78, 5) is 43.8. The van der Waals surface area contributed by atoms with Gasteiger partial charge in [0.05, 0.1) is 11.4 Å². The number of piperidine rings is 1. The van der Waals surface area contributed by atoms with Crippen molar-refractivity contribution in [2.24, 2.45) is 5.92 Å². The van der Waals surface area contributed by atoms with Crippen molar-refractivity contribution in [3.05, 3.63) is 71.4 Å². The average Bonchev–Trinajstić information content (AvgIpc) is 2.90. The fraction of sp³-hybridized carbons (Fsp3) is 0.379. The number of nitrogens with one attached hydrogen (secondary N) is 2. The summed E-state index contributed by atoms with van der Waals surface area (Å²) < 4.78 is 11.4. The fourth-order valence-corrected chi connectivity index (χ4v) is 4.60. The Morgan fingerprint density at radius 1 is 1.10 bits per heavy atom. The predicted molar refractivity (Wildman–Crippen MR) is 144 cm³/mol. The molecule has 206 valence electrons. The van der Waals surface area contributed by atoms with Gasteiger partial charge in [-0.2, -0.15) is 0 Å². The van der Waals surface area contributed by atoms with Crippen molar-refractivity contribution in [2.75, 3.05) is 13.1 Å². The Balaban J connectivity index is 1.38. The normalized spacial score (nSPS) is 17.4. The number of carbonyl (C=O) groups is 3. The highest BCUT2D eigenvalue weighted by atomic mass is 16.6. The van der Waals surface area contributed by atoms with Crippen molar-refractivity contribution in [3.8, 4) is 5.75 Å². The number of hydrogen-bond donors (Lipinski definition) is 3. The number of nitrogens with zero attached hydrogens (tertiary/aromatic N) is 2. The van der Waals surface area contributed by atoms with Crippen LogP contribution in [0.3, 0.4) is 0 Å². The Labute approximate surface area is 227 Å². The first-order valence-electron chi connectivity index (χ1n) is 12.8. The van der Waals surface area contributed by atoms with E-state index in [2.05, 4.69) is 10.3 Å². The first-order chi connectivity index (χ1) is 18.5. The second-order valence-electron chi connectivity index (χ2n) is 10.6. The number of benzene rings is 2. The highest BCUT2D eigenvalue weighted by molar-refractivity contribution is 5.95. The van der Waals surface area contributed by atoms with Gasteiger partial charge in [0.15, 0.2) is 0 Å². The van der Waals surface area contributed by atoms with Crippen LogP contribution in [-0.2, 0) is 16.1 Å². The van der Waals surface area contributed by atoms with Crippen molar-refractivity contribution in [1.29, 1.82) is 0 Å². The Kier molecular flexibility index (Phi) is 8.35. The van der Waals surface area contributed by atoms with Gasteiger partial charge in [0.1, 0.15) is 18.0 Å². The fourth-order valence-electron chi connectivity index (χ4n) is 4.60. The van der Waals surface area contributed by atoms with Gasteiger partial charge >= 0.3 is 6.09 Å². The Hall–Kier alpha value is -4.18. The third-order valence-electron chi connectivity index (χ3n) is 6.47. The number of amides is 3. The molecule has 1 saturated heterocycles. The molecule has 0 aliphatic carbocycles. The van der Waals surface area contributed by atoms with Gasteiger partial charge in [0.25, 0.3) is 5.91 Å². The molecule has 4 rings (SSSR count). The smallest absolute Gasteiger partial charge is 0.410 e. The van der Waals surface area contributed by atoms with E-state index in [9.17, 15) is 19.6 Å². The largest absolute Gasteiger partial charge is 0.489 e. The Morgan fingerprint density at radius 2 is 1.82 bits per heavy atom. The second-order valence-corrected chi connectivity index (χ2v) is 10.6. The number of carbonyl (C=O) groups excluding carboxylic acids is 3. The highest BCUT2D eigenvalue weighted by Crippen LogP contribution is 2.23. The van der Waals surface area contributed by atoms with Crippen LogP contribution in [0.25, 0.3) is 10.9 Å². The van der Waals surface area contributed by atoms with E-state index in [1.165, 1.54) is 4.90 Å². The molecule has 1 fully saturated rings. The average molecular weight is 535 g/mol. The van der Waals surface area contributed by atoms with E-state index in [0.717, 1.165) is 22.2 Å². The summed E-state index contributed by atoms with van der Waals surface area (Å²) in [5.41, 5.74) is 4.19. The van der Waals surface area contributed by atoms with E-state index < -0.39 is 29.6 Å². The van der Waals surface area contributed by atoms with Crippen LogP contribution in [0.5, 0.6) is 5.75 Å². The standard InChI is InChI=1S/C29H34N4O6/c1-18-15-20(22-7-5-6-8-24(22)30-18)17-38-21-11-9-19(10-12-21)26(34)31-25-13-14-33(16-23(25)27(35)32-37)28(36)39-29(2,3)4/h5-12,15,23,25,37H,13-14,16-17H2,1-4H3,(H,31,34)(H,32,35)/t23-,25+/m0/s1. The SMILES string of the molecule is Cc1cc(COc2ccc(C(=O)N[C@@H]3CCN(C(=O)OC(C)(C)C)C[C@@H]3C(=O)NO)cc2)c2ccccc2n1. The molecular weight excluding hydrogens is 500 g/mol. The van der Waals surface area contributed by atoms with Crippen LogP contribution < -0.4 is 15.5 Å². The lowest BCUT2D eigenvalue weighted by Gasteiger charge is -2.38. The molecule has 1 aromatic heterocycles. The van der Waals surface area contributed by atoms with Gasteiger partial charge in [-0.05, 0) is 70.5 Å². The molecule has 0 saturated carbocycles. The minimum Gasteiger partial charge on any atom is -0.489 e. The number of aromatic nitrogens is 1. The third-order valence-corrected chi connectivity index (χ3v) is 6.47. The van der Waals surface area contributed by atoms with E-state index in [1.807, 2.05) is 37.3 Å². The summed E-state index contributed by atoms with van der Waals surface area (Å²) in [6.07, 6.45) is -0.225. The van der Waals surface area contributed by atoms with E-state index in [1.54, 1.807) is 50.5 Å². The quantitative estimate of drug-likeness (QED) is 0.322. The minimum atomic E-state index is -0.846. The zero-order chi connectivity index (χ0) is 28.2. The number of likely N-dealkylation sites (tertiary alicyclic amines) is 1. The van der Waals surface area contributed by atoms with Gasteiger partial charge in [-0.1, -0.05) is 18.2 Å². The molecule has 10 nitrogen and oxygen atoms in total. The molecule has 0 radical (unpaired) electrons.